The second-order valence-corrected chi connectivity index (χ2v) is 5.95. The van der Waals surface area contributed by atoms with Crippen molar-refractivity contribution in [2.75, 3.05) is 6.61 Å². The Balaban J connectivity index is 2.26. The summed E-state index contributed by atoms with van der Waals surface area (Å²) >= 11 is 4.46. The number of Topliss-reactive ketones (excluding diaryl/α,β-unsaturated/α-hetero) is 2. The molecule has 1 heterocycles. The average Bonchev–Trinajstić information content (AvgIpc) is 2.39. The fourth-order valence-electron chi connectivity index (χ4n) is 1.80. The van der Waals surface area contributed by atoms with Crippen molar-refractivity contribution in [3.63, 3.8) is 0 Å². The molecule has 0 radical (unpaired) electrons. The van der Waals surface area contributed by atoms with Gasteiger partial charge in [0.2, 0.25) is 0 Å². The van der Waals surface area contributed by atoms with Crippen LogP contribution in [0.15, 0.2) is 22.7 Å². The van der Waals surface area contributed by atoms with E-state index in [0.29, 0.717) is 11.3 Å². The topological polar surface area (TPSA) is 60.4 Å². The number of carbonyl (C=O) groups excluding carboxylic acids is 3. The molecule has 6 heteroatoms. The van der Waals surface area contributed by atoms with Crippen LogP contribution < -0.4 is 0 Å². The predicted octanol–water partition coefficient (Wildman–Crippen LogP) is 2.38. The zero-order chi connectivity index (χ0) is 14.0. The molecule has 0 saturated carbocycles. The third-order valence-corrected chi connectivity index (χ3v) is 4.43. The molecule has 0 aliphatic carbocycles. The van der Waals surface area contributed by atoms with E-state index in [1.807, 2.05) is 12.1 Å². The van der Waals surface area contributed by atoms with Crippen LogP contribution in [-0.4, -0.2) is 29.4 Å². The van der Waals surface area contributed by atoms with Gasteiger partial charge in [-0.05, 0) is 24.6 Å². The van der Waals surface area contributed by atoms with E-state index in [4.69, 9.17) is 0 Å². The molecule has 0 bridgehead atoms. The molecule has 0 saturated heterocycles. The lowest BCUT2D eigenvalue weighted by Crippen LogP contribution is -2.36. The first-order chi connectivity index (χ1) is 9.04. The van der Waals surface area contributed by atoms with Crippen molar-refractivity contribution in [3.8, 4) is 0 Å². The molecule has 1 aromatic rings. The Kier molecular flexibility index (Phi) is 4.42. The fraction of sp³-hybridized carbons (Fsp3) is 0.308. The molecule has 1 aliphatic heterocycles. The molecule has 0 aromatic heterocycles. The summed E-state index contributed by atoms with van der Waals surface area (Å²) in [4.78, 5) is 35.5. The molecular weight excluding hydrogens is 332 g/mol. The van der Waals surface area contributed by atoms with Crippen LogP contribution in [0.3, 0.4) is 0 Å². The minimum atomic E-state index is -0.985. The van der Waals surface area contributed by atoms with Gasteiger partial charge in [-0.1, -0.05) is 22.0 Å². The van der Waals surface area contributed by atoms with E-state index in [2.05, 4.69) is 20.7 Å². The van der Waals surface area contributed by atoms with Crippen LogP contribution in [0.25, 0.3) is 0 Å². The van der Waals surface area contributed by atoms with Gasteiger partial charge in [-0.15, -0.1) is 11.8 Å². The van der Waals surface area contributed by atoms with E-state index in [0.717, 1.165) is 10.0 Å². The van der Waals surface area contributed by atoms with Crippen molar-refractivity contribution in [3.05, 3.63) is 33.8 Å². The monoisotopic (exact) mass is 342 g/mol. The van der Waals surface area contributed by atoms with Crippen LogP contribution in [0.1, 0.15) is 22.8 Å². The highest BCUT2D eigenvalue weighted by molar-refractivity contribution is 9.10. The third kappa shape index (κ3) is 2.90. The molecule has 19 heavy (non-hydrogen) atoms. The lowest BCUT2D eigenvalue weighted by atomic mass is 10.00. The van der Waals surface area contributed by atoms with Crippen LogP contribution >= 0.6 is 27.7 Å². The summed E-state index contributed by atoms with van der Waals surface area (Å²) in [6.45, 7) is 1.74. The highest BCUT2D eigenvalue weighted by Gasteiger charge is 2.37. The molecule has 1 unspecified atom stereocenters. The van der Waals surface area contributed by atoms with Gasteiger partial charge in [-0.3, -0.25) is 9.59 Å². The standard InChI is InChI=1S/C13H11BrO4S/c1-2-18-13(17)11(16)12-10(15)9-5-8(14)4-3-7(9)6-19-12/h3-5,12H,2,6H2,1H3. The first kappa shape index (κ1) is 14.3. The third-order valence-electron chi connectivity index (χ3n) is 2.70. The van der Waals surface area contributed by atoms with Gasteiger partial charge < -0.3 is 4.74 Å². The summed E-state index contributed by atoms with van der Waals surface area (Å²) < 4.78 is 5.43. The summed E-state index contributed by atoms with van der Waals surface area (Å²) in [5.74, 6) is -1.51. The maximum absolute atomic E-state index is 12.2. The van der Waals surface area contributed by atoms with Gasteiger partial charge in [-0.2, -0.15) is 0 Å². The van der Waals surface area contributed by atoms with Crippen LogP contribution in [0, 0.1) is 0 Å². The van der Waals surface area contributed by atoms with E-state index < -0.39 is 17.0 Å². The van der Waals surface area contributed by atoms with Crippen molar-refractivity contribution in [1.29, 1.82) is 0 Å². The van der Waals surface area contributed by atoms with Crippen molar-refractivity contribution in [2.24, 2.45) is 0 Å². The Morgan fingerprint density at radius 1 is 1.47 bits per heavy atom. The normalized spacial score (nSPS) is 17.8. The average molecular weight is 343 g/mol. The maximum Gasteiger partial charge on any atom is 0.376 e. The van der Waals surface area contributed by atoms with Gasteiger partial charge in [0.15, 0.2) is 5.78 Å². The molecule has 1 aromatic carbocycles. The quantitative estimate of drug-likeness (QED) is 0.479. The number of carbonyl (C=O) groups is 3. The van der Waals surface area contributed by atoms with E-state index in [1.54, 1.807) is 13.0 Å². The van der Waals surface area contributed by atoms with Gasteiger partial charge in [0.05, 0.1) is 6.61 Å². The van der Waals surface area contributed by atoms with Gasteiger partial charge in [-0.25, -0.2) is 4.79 Å². The molecule has 0 amide bonds. The maximum atomic E-state index is 12.2. The Morgan fingerprint density at radius 3 is 2.89 bits per heavy atom. The minimum Gasteiger partial charge on any atom is -0.460 e. The van der Waals surface area contributed by atoms with Crippen LogP contribution in [-0.2, 0) is 20.1 Å². The van der Waals surface area contributed by atoms with Crippen molar-refractivity contribution in [1.82, 2.24) is 0 Å². The van der Waals surface area contributed by atoms with E-state index >= 15 is 0 Å². The minimum absolute atomic E-state index is 0.123. The van der Waals surface area contributed by atoms with E-state index in [9.17, 15) is 14.4 Å². The molecule has 0 spiro atoms. The molecule has 100 valence electrons. The molecular formula is C13H11BrO4S. The first-order valence-corrected chi connectivity index (χ1v) is 7.54. The van der Waals surface area contributed by atoms with Crippen molar-refractivity contribution in [2.45, 2.75) is 17.9 Å². The van der Waals surface area contributed by atoms with Gasteiger partial charge >= 0.3 is 5.97 Å². The second-order valence-electron chi connectivity index (χ2n) is 3.94. The fourth-order valence-corrected chi connectivity index (χ4v) is 3.28. The largest absolute Gasteiger partial charge is 0.460 e. The summed E-state index contributed by atoms with van der Waals surface area (Å²) in [6.07, 6.45) is 0. The molecule has 0 N–H and O–H groups in total. The molecule has 4 nitrogen and oxygen atoms in total. The summed E-state index contributed by atoms with van der Waals surface area (Å²) in [6, 6.07) is 5.37. The summed E-state index contributed by atoms with van der Waals surface area (Å²) in [7, 11) is 0. The highest BCUT2D eigenvalue weighted by atomic mass is 79.9. The molecule has 1 aliphatic rings. The first-order valence-electron chi connectivity index (χ1n) is 5.69. The number of hydrogen-bond donors (Lipinski definition) is 0. The van der Waals surface area contributed by atoms with Gasteiger partial charge in [0.25, 0.3) is 5.78 Å². The Morgan fingerprint density at radius 2 is 2.21 bits per heavy atom. The number of ketones is 2. The summed E-state index contributed by atoms with van der Waals surface area (Å²) in [5.41, 5.74) is 1.38. The Bertz CT molecular complexity index is 556. The molecule has 2 rings (SSSR count). The number of thioether (sulfide) groups is 1. The van der Waals surface area contributed by atoms with Crippen molar-refractivity contribution < 1.29 is 19.1 Å². The van der Waals surface area contributed by atoms with Gasteiger partial charge in [0.1, 0.15) is 5.25 Å². The lowest BCUT2D eigenvalue weighted by molar-refractivity contribution is -0.152. The number of esters is 1. The lowest BCUT2D eigenvalue weighted by Gasteiger charge is -2.21. The second kappa shape index (κ2) is 5.88. The van der Waals surface area contributed by atoms with Crippen LogP contribution in [0.2, 0.25) is 0 Å². The predicted molar refractivity (Wildman–Crippen MR) is 75.2 cm³/mol. The van der Waals surface area contributed by atoms with Crippen LogP contribution in [0.5, 0.6) is 0 Å². The Labute approximate surface area is 123 Å². The Hall–Kier alpha value is -1.14. The number of ether oxygens (including phenoxy) is 1. The zero-order valence-corrected chi connectivity index (χ0v) is 12.5. The van der Waals surface area contributed by atoms with Gasteiger partial charge in [0, 0.05) is 15.8 Å². The number of fused-ring (bicyclic) bond motifs is 1. The summed E-state index contributed by atoms with van der Waals surface area (Å²) in [5, 5.41) is -0.985. The SMILES string of the molecule is CCOC(=O)C(=O)C1SCc2ccc(Br)cc2C1=O. The van der Waals surface area contributed by atoms with Crippen molar-refractivity contribution >= 4 is 45.2 Å². The van der Waals surface area contributed by atoms with E-state index in [1.165, 1.54) is 11.8 Å². The smallest absolute Gasteiger partial charge is 0.376 e. The van der Waals surface area contributed by atoms with E-state index in [-0.39, 0.29) is 12.4 Å². The molecule has 1 atom stereocenters. The number of benzene rings is 1. The number of rotatable bonds is 3. The number of halogens is 1. The zero-order valence-electron chi connectivity index (χ0n) is 10.1. The highest BCUT2D eigenvalue weighted by Crippen LogP contribution is 2.32. The van der Waals surface area contributed by atoms with Crippen LogP contribution in [0.4, 0.5) is 0 Å². The number of hydrogen-bond acceptors (Lipinski definition) is 5. The molecule has 0 fully saturated rings.